The maximum absolute atomic E-state index is 15.3. The minimum atomic E-state index is -0.846. The number of carbonyl (C=O) groups excluding carboxylic acids is 1. The summed E-state index contributed by atoms with van der Waals surface area (Å²) in [5.41, 5.74) is 0.599. The van der Waals surface area contributed by atoms with Crippen molar-refractivity contribution in [2.24, 2.45) is 0 Å². The molecule has 0 saturated carbocycles. The lowest BCUT2D eigenvalue weighted by Gasteiger charge is -2.29. The molecular weight excluding hydrogens is 424 g/mol. The number of fused-ring (bicyclic) bond motifs is 1. The molecule has 31 heavy (non-hydrogen) atoms. The van der Waals surface area contributed by atoms with Gasteiger partial charge in [-0.15, -0.1) is 0 Å². The fourth-order valence-corrected chi connectivity index (χ4v) is 4.43. The number of aldehydes is 1. The van der Waals surface area contributed by atoms with E-state index >= 15 is 4.39 Å². The van der Waals surface area contributed by atoms with Crippen molar-refractivity contribution in [3.05, 3.63) is 81.9 Å². The lowest BCUT2D eigenvalue weighted by Crippen LogP contribution is -2.41. The molecule has 4 nitrogen and oxygen atoms in total. The van der Waals surface area contributed by atoms with Crippen LogP contribution in [0.15, 0.2) is 48.5 Å². The van der Waals surface area contributed by atoms with Gasteiger partial charge in [0.05, 0.1) is 12.1 Å². The molecule has 0 aromatic heterocycles. The number of nitrogens with one attached hydrogen (secondary N) is 1. The van der Waals surface area contributed by atoms with Gasteiger partial charge in [0.25, 0.3) is 0 Å². The highest BCUT2D eigenvalue weighted by atomic mass is 35.5. The molecule has 0 radical (unpaired) electrons. The number of hydrogen-bond acceptors (Lipinski definition) is 4. The minimum Gasteiger partial charge on any atom is -0.494 e. The van der Waals surface area contributed by atoms with Crippen molar-refractivity contribution >= 4 is 17.9 Å². The van der Waals surface area contributed by atoms with Crippen molar-refractivity contribution in [2.75, 3.05) is 20.7 Å². The molecule has 1 aliphatic rings. The first-order valence-electron chi connectivity index (χ1n) is 9.67. The zero-order valence-electron chi connectivity index (χ0n) is 17.0. The highest BCUT2D eigenvalue weighted by Crippen LogP contribution is 2.50. The normalized spacial score (nSPS) is 17.2. The standard InChI is InChI=1S/C24H20ClF2NO3/c1-28-13-24(15-6-4-3-5-7-15)11-16-19(31-24)10-17(26)22(25)21(16)20-14(12-29)8-9-18(30-2)23(20)27/h3-10,12,28H,11,13H2,1-2H3/t24-/m1/s1. The Morgan fingerprint density at radius 3 is 2.58 bits per heavy atom. The monoisotopic (exact) mass is 443 g/mol. The topological polar surface area (TPSA) is 47.6 Å². The van der Waals surface area contributed by atoms with Crippen LogP contribution in [-0.2, 0) is 12.0 Å². The van der Waals surface area contributed by atoms with Crippen LogP contribution in [0.5, 0.6) is 11.5 Å². The van der Waals surface area contributed by atoms with Gasteiger partial charge < -0.3 is 14.8 Å². The van der Waals surface area contributed by atoms with Crippen molar-refractivity contribution < 1.29 is 23.0 Å². The number of ether oxygens (including phenoxy) is 2. The van der Waals surface area contributed by atoms with E-state index in [1.54, 1.807) is 7.05 Å². The minimum absolute atomic E-state index is 0.0406. The van der Waals surface area contributed by atoms with Crippen LogP contribution in [0.1, 0.15) is 21.5 Å². The quantitative estimate of drug-likeness (QED) is 0.535. The van der Waals surface area contributed by atoms with Gasteiger partial charge in [-0.2, -0.15) is 0 Å². The van der Waals surface area contributed by atoms with Gasteiger partial charge in [-0.1, -0.05) is 41.9 Å². The third-order valence-electron chi connectivity index (χ3n) is 5.55. The molecule has 1 N–H and O–H groups in total. The summed E-state index contributed by atoms with van der Waals surface area (Å²) in [4.78, 5) is 11.7. The first kappa shape index (κ1) is 21.3. The van der Waals surface area contributed by atoms with E-state index in [1.807, 2.05) is 30.3 Å². The van der Waals surface area contributed by atoms with Gasteiger partial charge in [0.15, 0.2) is 23.5 Å². The van der Waals surface area contributed by atoms with E-state index in [1.165, 1.54) is 25.3 Å². The molecule has 0 bridgehead atoms. The van der Waals surface area contributed by atoms with Gasteiger partial charge in [-0.25, -0.2) is 8.78 Å². The predicted molar refractivity (Wildman–Crippen MR) is 115 cm³/mol. The van der Waals surface area contributed by atoms with Crippen LogP contribution in [0.25, 0.3) is 11.1 Å². The smallest absolute Gasteiger partial charge is 0.173 e. The molecule has 160 valence electrons. The first-order chi connectivity index (χ1) is 15.0. The molecule has 1 atom stereocenters. The van der Waals surface area contributed by atoms with Crippen LogP contribution < -0.4 is 14.8 Å². The second-order valence-electron chi connectivity index (χ2n) is 7.36. The SMILES string of the molecule is CNC[C@@]1(c2ccccc2)Cc2c(cc(F)c(Cl)c2-c2c(C=O)ccc(OC)c2F)O1. The summed E-state index contributed by atoms with van der Waals surface area (Å²) < 4.78 is 41.5. The molecule has 1 heterocycles. The predicted octanol–water partition coefficient (Wildman–Crippen LogP) is 5.16. The van der Waals surface area contributed by atoms with E-state index in [-0.39, 0.29) is 33.2 Å². The van der Waals surface area contributed by atoms with Gasteiger partial charge in [-0.05, 0) is 24.7 Å². The molecular formula is C24H20ClF2NO3. The van der Waals surface area contributed by atoms with Gasteiger partial charge >= 0.3 is 0 Å². The largest absolute Gasteiger partial charge is 0.494 e. The average molecular weight is 444 g/mol. The average Bonchev–Trinajstić information content (AvgIpc) is 3.14. The second-order valence-corrected chi connectivity index (χ2v) is 7.74. The van der Waals surface area contributed by atoms with Crippen LogP contribution in [0, 0.1) is 11.6 Å². The zero-order valence-corrected chi connectivity index (χ0v) is 17.7. The summed E-state index contributed by atoms with van der Waals surface area (Å²) >= 11 is 6.35. The van der Waals surface area contributed by atoms with E-state index in [4.69, 9.17) is 21.1 Å². The lowest BCUT2D eigenvalue weighted by molar-refractivity contribution is 0.0940. The van der Waals surface area contributed by atoms with Crippen LogP contribution in [0.3, 0.4) is 0 Å². The molecule has 0 amide bonds. The van der Waals surface area contributed by atoms with Crippen LogP contribution in [0.4, 0.5) is 8.78 Å². The Morgan fingerprint density at radius 2 is 1.94 bits per heavy atom. The maximum atomic E-state index is 15.3. The molecule has 0 spiro atoms. The van der Waals surface area contributed by atoms with E-state index < -0.39 is 17.2 Å². The number of carbonyl (C=O) groups is 1. The number of hydrogen-bond donors (Lipinski definition) is 1. The Hall–Kier alpha value is -2.96. The lowest BCUT2D eigenvalue weighted by atomic mass is 9.85. The summed E-state index contributed by atoms with van der Waals surface area (Å²) in [6.07, 6.45) is 0.816. The molecule has 7 heteroatoms. The van der Waals surface area contributed by atoms with Crippen molar-refractivity contribution in [1.82, 2.24) is 5.32 Å². The molecule has 0 fully saturated rings. The molecule has 0 aliphatic carbocycles. The van der Waals surface area contributed by atoms with Gasteiger partial charge in [-0.3, -0.25) is 4.79 Å². The summed E-state index contributed by atoms with van der Waals surface area (Å²) in [5.74, 6) is -1.36. The Bertz CT molecular complexity index is 1150. The summed E-state index contributed by atoms with van der Waals surface area (Å²) in [7, 11) is 3.11. The van der Waals surface area contributed by atoms with Gasteiger partial charge in [0.2, 0.25) is 0 Å². The summed E-state index contributed by atoms with van der Waals surface area (Å²) in [6.45, 7) is 0.422. The molecule has 3 aromatic rings. The summed E-state index contributed by atoms with van der Waals surface area (Å²) in [5, 5.41) is 2.85. The van der Waals surface area contributed by atoms with E-state index in [9.17, 15) is 9.18 Å². The Balaban J connectivity index is 1.99. The number of likely N-dealkylation sites (N-methyl/N-ethyl adjacent to an activating group) is 1. The van der Waals surface area contributed by atoms with E-state index in [0.717, 1.165) is 5.56 Å². The Kier molecular flexibility index (Phi) is 5.69. The molecule has 0 saturated heterocycles. The number of benzene rings is 3. The van der Waals surface area contributed by atoms with Gasteiger partial charge in [0.1, 0.15) is 11.6 Å². The highest BCUT2D eigenvalue weighted by molar-refractivity contribution is 6.34. The second kappa shape index (κ2) is 8.29. The highest BCUT2D eigenvalue weighted by Gasteiger charge is 2.43. The summed E-state index contributed by atoms with van der Waals surface area (Å²) in [6, 6.07) is 13.5. The van der Waals surface area contributed by atoms with Crippen LogP contribution in [0.2, 0.25) is 5.02 Å². The van der Waals surface area contributed by atoms with Gasteiger partial charge in [0, 0.05) is 41.3 Å². The van der Waals surface area contributed by atoms with Crippen molar-refractivity contribution in [1.29, 1.82) is 0 Å². The Labute approximate surface area is 183 Å². The third-order valence-corrected chi connectivity index (χ3v) is 5.92. The molecule has 4 rings (SSSR count). The van der Waals surface area contributed by atoms with Crippen LogP contribution >= 0.6 is 11.6 Å². The first-order valence-corrected chi connectivity index (χ1v) is 10.1. The fraction of sp³-hybridized carbons (Fsp3) is 0.208. The van der Waals surface area contributed by atoms with Crippen molar-refractivity contribution in [2.45, 2.75) is 12.0 Å². The molecule has 0 unspecified atom stereocenters. The van der Waals surface area contributed by atoms with Crippen molar-refractivity contribution in [3.8, 4) is 22.6 Å². The molecule has 3 aromatic carbocycles. The zero-order chi connectivity index (χ0) is 22.2. The Morgan fingerprint density at radius 1 is 1.19 bits per heavy atom. The van der Waals surface area contributed by atoms with E-state index in [2.05, 4.69) is 5.32 Å². The number of methoxy groups -OCH3 is 1. The van der Waals surface area contributed by atoms with Crippen LogP contribution in [-0.4, -0.2) is 27.0 Å². The van der Waals surface area contributed by atoms with Crippen molar-refractivity contribution in [3.63, 3.8) is 0 Å². The van der Waals surface area contributed by atoms with E-state index in [0.29, 0.717) is 24.8 Å². The number of rotatable bonds is 6. The fourth-order valence-electron chi connectivity index (χ4n) is 4.17. The molecule has 1 aliphatic heterocycles. The maximum Gasteiger partial charge on any atom is 0.173 e. The third kappa shape index (κ3) is 3.46. The number of halogens is 3.